The minimum atomic E-state index is -0.500. The summed E-state index contributed by atoms with van der Waals surface area (Å²) < 4.78 is 0. The van der Waals surface area contributed by atoms with E-state index in [9.17, 15) is 9.59 Å². The molecule has 116 valence electrons. The van der Waals surface area contributed by atoms with E-state index in [1.54, 1.807) is 6.92 Å². The molecule has 21 heavy (non-hydrogen) atoms. The fraction of sp³-hybridized carbons (Fsp3) is 0.467. The second-order valence-electron chi connectivity index (χ2n) is 5.18. The molecule has 6 heteroatoms. The fourth-order valence-corrected chi connectivity index (χ4v) is 2.22. The van der Waals surface area contributed by atoms with Gasteiger partial charge in [0.2, 0.25) is 11.8 Å². The second-order valence-corrected chi connectivity index (χ2v) is 5.18. The van der Waals surface area contributed by atoms with Crippen LogP contribution in [-0.4, -0.2) is 24.4 Å². The number of nitrogens with one attached hydrogen (secondary N) is 1. The molecule has 1 aliphatic heterocycles. The third kappa shape index (κ3) is 4.72. The number of hydrogen-bond acceptors (Lipinski definition) is 3. The van der Waals surface area contributed by atoms with Crippen molar-refractivity contribution in [2.24, 2.45) is 5.73 Å². The monoisotopic (exact) mass is 311 g/mol. The SMILES string of the molecule is C[C@H](N)C(=O)NCc1ccc(N2CCCCC2=O)cc1.Cl. The minimum absolute atomic E-state index is 0. The van der Waals surface area contributed by atoms with E-state index in [-0.39, 0.29) is 24.2 Å². The van der Waals surface area contributed by atoms with Gasteiger partial charge in [-0.05, 0) is 37.5 Å². The number of carbonyl (C=O) groups is 2. The smallest absolute Gasteiger partial charge is 0.236 e. The number of halogens is 1. The number of nitrogens with two attached hydrogens (primary N) is 1. The number of anilines is 1. The molecular formula is C15H22ClN3O2. The first-order valence-corrected chi connectivity index (χ1v) is 7.00. The highest BCUT2D eigenvalue weighted by Crippen LogP contribution is 2.21. The predicted molar refractivity (Wildman–Crippen MR) is 85.4 cm³/mol. The molecule has 1 aliphatic rings. The Morgan fingerprint density at radius 3 is 2.57 bits per heavy atom. The molecule has 2 amide bonds. The fourth-order valence-electron chi connectivity index (χ4n) is 2.22. The van der Waals surface area contributed by atoms with Gasteiger partial charge in [0.25, 0.3) is 0 Å². The van der Waals surface area contributed by atoms with Gasteiger partial charge in [-0.1, -0.05) is 12.1 Å². The summed E-state index contributed by atoms with van der Waals surface area (Å²) >= 11 is 0. The summed E-state index contributed by atoms with van der Waals surface area (Å²) in [6.45, 7) is 2.90. The van der Waals surface area contributed by atoms with Gasteiger partial charge < -0.3 is 16.0 Å². The lowest BCUT2D eigenvalue weighted by Crippen LogP contribution is -2.37. The van der Waals surface area contributed by atoms with E-state index in [0.717, 1.165) is 30.6 Å². The lowest BCUT2D eigenvalue weighted by molar-refractivity contribution is -0.122. The van der Waals surface area contributed by atoms with Crippen LogP contribution in [-0.2, 0) is 16.1 Å². The zero-order valence-corrected chi connectivity index (χ0v) is 13.0. The Hall–Kier alpha value is -1.59. The zero-order chi connectivity index (χ0) is 14.5. The highest BCUT2D eigenvalue weighted by molar-refractivity contribution is 5.93. The summed E-state index contributed by atoms with van der Waals surface area (Å²) in [6.07, 6.45) is 2.67. The lowest BCUT2D eigenvalue weighted by atomic mass is 10.1. The molecule has 0 saturated carbocycles. The van der Waals surface area contributed by atoms with E-state index < -0.39 is 6.04 Å². The minimum Gasteiger partial charge on any atom is -0.351 e. The number of carbonyl (C=O) groups excluding carboxylic acids is 2. The molecule has 0 bridgehead atoms. The normalized spacial score (nSPS) is 16.1. The van der Waals surface area contributed by atoms with E-state index >= 15 is 0 Å². The summed E-state index contributed by atoms with van der Waals surface area (Å²) in [5.41, 5.74) is 7.40. The summed E-state index contributed by atoms with van der Waals surface area (Å²) in [6, 6.07) is 7.21. The number of nitrogens with zero attached hydrogens (tertiary/aromatic N) is 1. The maximum atomic E-state index is 11.8. The average Bonchev–Trinajstić information content (AvgIpc) is 2.46. The van der Waals surface area contributed by atoms with E-state index in [2.05, 4.69) is 5.32 Å². The van der Waals surface area contributed by atoms with Gasteiger partial charge in [0, 0.05) is 25.2 Å². The van der Waals surface area contributed by atoms with Crippen LogP contribution in [0, 0.1) is 0 Å². The molecule has 1 aromatic carbocycles. The first kappa shape index (κ1) is 17.5. The van der Waals surface area contributed by atoms with E-state index in [4.69, 9.17) is 5.73 Å². The molecule has 1 aromatic rings. The molecule has 0 spiro atoms. The number of benzene rings is 1. The van der Waals surface area contributed by atoms with Crippen LogP contribution in [0.2, 0.25) is 0 Å². The second kappa shape index (κ2) is 8.00. The van der Waals surface area contributed by atoms with Crippen molar-refractivity contribution in [1.82, 2.24) is 5.32 Å². The Morgan fingerprint density at radius 1 is 1.33 bits per heavy atom. The molecule has 2 rings (SSSR count). The van der Waals surface area contributed by atoms with Crippen molar-refractivity contribution < 1.29 is 9.59 Å². The van der Waals surface area contributed by atoms with Crippen molar-refractivity contribution in [1.29, 1.82) is 0 Å². The number of piperidine rings is 1. The Bertz CT molecular complexity index is 488. The number of rotatable bonds is 4. The quantitative estimate of drug-likeness (QED) is 0.886. The van der Waals surface area contributed by atoms with Crippen LogP contribution >= 0.6 is 12.4 Å². The van der Waals surface area contributed by atoms with Gasteiger partial charge >= 0.3 is 0 Å². The average molecular weight is 312 g/mol. The van der Waals surface area contributed by atoms with Crippen LogP contribution in [0.25, 0.3) is 0 Å². The summed E-state index contributed by atoms with van der Waals surface area (Å²) in [5.74, 6) is 0.0227. The van der Waals surface area contributed by atoms with Gasteiger partial charge in [0.05, 0.1) is 6.04 Å². The Kier molecular flexibility index (Phi) is 6.65. The van der Waals surface area contributed by atoms with Crippen LogP contribution in [0.5, 0.6) is 0 Å². The number of hydrogen-bond donors (Lipinski definition) is 2. The Labute approximate surface area is 131 Å². The molecule has 1 heterocycles. The largest absolute Gasteiger partial charge is 0.351 e. The first-order valence-electron chi connectivity index (χ1n) is 7.00. The van der Waals surface area contributed by atoms with Crippen molar-refractivity contribution in [3.8, 4) is 0 Å². The Balaban J connectivity index is 0.00000220. The van der Waals surface area contributed by atoms with E-state index in [1.807, 2.05) is 29.2 Å². The summed E-state index contributed by atoms with van der Waals surface area (Å²) in [5, 5.41) is 2.76. The molecule has 0 radical (unpaired) electrons. The lowest BCUT2D eigenvalue weighted by Gasteiger charge is -2.26. The van der Waals surface area contributed by atoms with Crippen LogP contribution in [0.4, 0.5) is 5.69 Å². The van der Waals surface area contributed by atoms with Crippen LogP contribution in [0.15, 0.2) is 24.3 Å². The maximum absolute atomic E-state index is 11.8. The maximum Gasteiger partial charge on any atom is 0.236 e. The highest BCUT2D eigenvalue weighted by Gasteiger charge is 2.19. The molecule has 3 N–H and O–H groups in total. The van der Waals surface area contributed by atoms with Gasteiger partial charge in [-0.25, -0.2) is 0 Å². The third-order valence-corrected chi connectivity index (χ3v) is 3.45. The van der Waals surface area contributed by atoms with Crippen molar-refractivity contribution in [3.05, 3.63) is 29.8 Å². The Morgan fingerprint density at radius 2 is 2.00 bits per heavy atom. The molecular weight excluding hydrogens is 290 g/mol. The van der Waals surface area contributed by atoms with E-state index in [0.29, 0.717) is 13.0 Å². The molecule has 1 saturated heterocycles. The van der Waals surface area contributed by atoms with Crippen LogP contribution in [0.3, 0.4) is 0 Å². The van der Waals surface area contributed by atoms with Gasteiger partial charge in [0.1, 0.15) is 0 Å². The zero-order valence-electron chi connectivity index (χ0n) is 12.2. The van der Waals surface area contributed by atoms with Crippen molar-refractivity contribution in [2.75, 3.05) is 11.4 Å². The summed E-state index contributed by atoms with van der Waals surface area (Å²) in [4.78, 5) is 25.0. The molecule has 5 nitrogen and oxygen atoms in total. The van der Waals surface area contributed by atoms with Gasteiger partial charge in [-0.2, -0.15) is 0 Å². The van der Waals surface area contributed by atoms with Crippen molar-refractivity contribution in [2.45, 2.75) is 38.8 Å². The molecule has 0 aliphatic carbocycles. The first-order chi connectivity index (χ1) is 9.58. The van der Waals surface area contributed by atoms with Gasteiger partial charge in [0.15, 0.2) is 0 Å². The predicted octanol–water partition coefficient (Wildman–Crippen LogP) is 1.59. The standard InChI is InChI=1S/C15H21N3O2.ClH/c1-11(16)15(20)17-10-12-5-7-13(8-6-12)18-9-3-2-4-14(18)19;/h5-8,11H,2-4,9-10,16H2,1H3,(H,17,20);1H/t11-;/m0./s1. The van der Waals surface area contributed by atoms with Crippen molar-refractivity contribution in [3.63, 3.8) is 0 Å². The van der Waals surface area contributed by atoms with Crippen molar-refractivity contribution >= 4 is 29.9 Å². The third-order valence-electron chi connectivity index (χ3n) is 3.45. The molecule has 0 aromatic heterocycles. The summed E-state index contributed by atoms with van der Waals surface area (Å²) in [7, 11) is 0. The van der Waals surface area contributed by atoms with Crippen LogP contribution < -0.4 is 16.0 Å². The number of amides is 2. The molecule has 0 unspecified atom stereocenters. The topological polar surface area (TPSA) is 75.4 Å². The van der Waals surface area contributed by atoms with Crippen LogP contribution in [0.1, 0.15) is 31.7 Å². The molecule has 1 fully saturated rings. The van der Waals surface area contributed by atoms with Gasteiger partial charge in [-0.3, -0.25) is 9.59 Å². The molecule has 1 atom stereocenters. The highest BCUT2D eigenvalue weighted by atomic mass is 35.5. The van der Waals surface area contributed by atoms with E-state index in [1.165, 1.54) is 0 Å². The van der Waals surface area contributed by atoms with Gasteiger partial charge in [-0.15, -0.1) is 12.4 Å².